The molecular weight excluding hydrogens is 360 g/mol. The molecule has 0 unspecified atom stereocenters. The van der Waals surface area contributed by atoms with Crippen LogP contribution in [0, 0.1) is 6.42 Å². The van der Waals surface area contributed by atoms with Crippen LogP contribution in [0.25, 0.3) is 0 Å². The highest BCUT2D eigenvalue weighted by Gasteiger charge is 2.43. The predicted octanol–water partition coefficient (Wildman–Crippen LogP) is 2.13. The molecule has 1 saturated heterocycles. The Morgan fingerprint density at radius 2 is 1.58 bits per heavy atom. The molecule has 0 amide bonds. The van der Waals surface area contributed by atoms with Gasteiger partial charge in [-0.15, -0.1) is 0 Å². The standard InChI is InChI=1S/C18H21O7S/c1-11(19)22-10-17-15(23-12(2)20)9-16(24-13(3)21)18(25-17)26-14-7-5-4-6-8-14/h4-9,15-18H,10H2,1-3H3/t15-,16-,17-,18+/m1/s1. The summed E-state index contributed by atoms with van der Waals surface area (Å²) in [4.78, 5) is 34.9. The zero-order chi connectivity index (χ0) is 19.1. The minimum Gasteiger partial charge on any atom is -0.463 e. The van der Waals surface area contributed by atoms with Crippen LogP contribution < -0.4 is 0 Å². The fourth-order valence-corrected chi connectivity index (χ4v) is 3.44. The summed E-state index contributed by atoms with van der Waals surface area (Å²) in [5, 5.41) is 0. The number of carbonyl (C=O) groups excluding carboxylic acids is 3. The first-order valence-corrected chi connectivity index (χ1v) is 8.93. The number of esters is 3. The topological polar surface area (TPSA) is 88.1 Å². The van der Waals surface area contributed by atoms with Crippen LogP contribution in [0.15, 0.2) is 35.2 Å². The molecule has 0 spiro atoms. The molecule has 141 valence electrons. The zero-order valence-electron chi connectivity index (χ0n) is 14.7. The van der Waals surface area contributed by atoms with Gasteiger partial charge in [-0.3, -0.25) is 14.4 Å². The van der Waals surface area contributed by atoms with Crippen molar-refractivity contribution in [3.8, 4) is 0 Å². The van der Waals surface area contributed by atoms with Crippen LogP contribution in [0.5, 0.6) is 0 Å². The zero-order valence-corrected chi connectivity index (χ0v) is 15.6. The molecule has 26 heavy (non-hydrogen) atoms. The minimum atomic E-state index is -0.802. The number of rotatable bonds is 6. The van der Waals surface area contributed by atoms with Gasteiger partial charge >= 0.3 is 17.9 Å². The van der Waals surface area contributed by atoms with Crippen molar-refractivity contribution in [3.05, 3.63) is 36.8 Å². The lowest BCUT2D eigenvalue weighted by Gasteiger charge is -2.39. The summed E-state index contributed by atoms with van der Waals surface area (Å²) in [6, 6.07) is 9.46. The first-order chi connectivity index (χ1) is 12.3. The van der Waals surface area contributed by atoms with E-state index in [1.54, 1.807) is 6.42 Å². The van der Waals surface area contributed by atoms with Gasteiger partial charge < -0.3 is 18.9 Å². The molecule has 0 bridgehead atoms. The average Bonchev–Trinajstić information content (AvgIpc) is 2.55. The van der Waals surface area contributed by atoms with Crippen LogP contribution in [0.1, 0.15) is 20.8 Å². The van der Waals surface area contributed by atoms with Gasteiger partial charge in [-0.1, -0.05) is 30.0 Å². The predicted molar refractivity (Wildman–Crippen MR) is 93.0 cm³/mol. The van der Waals surface area contributed by atoms with Crippen LogP contribution in [-0.2, 0) is 33.3 Å². The normalized spacial score (nSPS) is 25.2. The van der Waals surface area contributed by atoms with Crippen molar-refractivity contribution in [1.82, 2.24) is 0 Å². The number of benzene rings is 1. The van der Waals surface area contributed by atoms with E-state index in [0.717, 1.165) is 4.90 Å². The molecule has 8 heteroatoms. The Labute approximate surface area is 156 Å². The molecule has 1 aliphatic heterocycles. The lowest BCUT2D eigenvalue weighted by atomic mass is 10.0. The summed E-state index contributed by atoms with van der Waals surface area (Å²) < 4.78 is 21.5. The van der Waals surface area contributed by atoms with Gasteiger partial charge in [0.2, 0.25) is 0 Å². The fourth-order valence-electron chi connectivity index (χ4n) is 2.38. The highest BCUT2D eigenvalue weighted by Crippen LogP contribution is 2.35. The van der Waals surface area contributed by atoms with E-state index in [2.05, 4.69) is 0 Å². The molecule has 7 nitrogen and oxygen atoms in total. The van der Waals surface area contributed by atoms with Crippen LogP contribution in [-0.4, -0.2) is 48.3 Å². The lowest BCUT2D eigenvalue weighted by molar-refractivity contribution is -0.181. The van der Waals surface area contributed by atoms with Crippen molar-refractivity contribution in [2.75, 3.05) is 6.61 Å². The maximum absolute atomic E-state index is 11.5. The highest BCUT2D eigenvalue weighted by atomic mass is 32.2. The number of hydrogen-bond acceptors (Lipinski definition) is 8. The first-order valence-electron chi connectivity index (χ1n) is 8.05. The molecular formula is C18H21O7S. The van der Waals surface area contributed by atoms with Gasteiger partial charge in [-0.2, -0.15) is 0 Å². The summed E-state index contributed by atoms with van der Waals surface area (Å²) in [7, 11) is 0. The van der Waals surface area contributed by atoms with E-state index in [-0.39, 0.29) is 6.61 Å². The van der Waals surface area contributed by atoms with Gasteiger partial charge in [0, 0.05) is 32.1 Å². The summed E-state index contributed by atoms with van der Waals surface area (Å²) in [5.41, 5.74) is -0.575. The Morgan fingerprint density at radius 3 is 2.15 bits per heavy atom. The lowest BCUT2D eigenvalue weighted by Crippen LogP contribution is -2.51. The Morgan fingerprint density at radius 1 is 0.962 bits per heavy atom. The third kappa shape index (κ3) is 6.34. The molecule has 1 fully saturated rings. The maximum atomic E-state index is 11.5. The van der Waals surface area contributed by atoms with Gasteiger partial charge in [-0.05, 0) is 12.1 Å². The van der Waals surface area contributed by atoms with E-state index in [0.29, 0.717) is 0 Å². The SMILES string of the molecule is CC(=O)OC[C@H]1O[C@@H](Sc2ccccc2)[C@H](OC(C)=O)[CH][C@H]1OC(C)=O. The van der Waals surface area contributed by atoms with E-state index in [9.17, 15) is 14.4 Å². The molecule has 1 aromatic rings. The van der Waals surface area contributed by atoms with Gasteiger partial charge in [-0.25, -0.2) is 0 Å². The average molecular weight is 381 g/mol. The third-order valence-electron chi connectivity index (χ3n) is 3.37. The Kier molecular flexibility index (Phi) is 7.47. The van der Waals surface area contributed by atoms with Crippen molar-refractivity contribution >= 4 is 29.7 Å². The highest BCUT2D eigenvalue weighted by molar-refractivity contribution is 7.99. The molecule has 1 heterocycles. The molecule has 1 aliphatic rings. The van der Waals surface area contributed by atoms with E-state index < -0.39 is 41.7 Å². The third-order valence-corrected chi connectivity index (χ3v) is 4.53. The van der Waals surface area contributed by atoms with Crippen molar-refractivity contribution in [2.45, 2.75) is 49.4 Å². The first kappa shape index (κ1) is 20.3. The second-order valence-electron chi connectivity index (χ2n) is 5.62. The summed E-state index contributed by atoms with van der Waals surface area (Å²) in [6.45, 7) is 3.76. The van der Waals surface area contributed by atoms with Crippen LogP contribution in [0.4, 0.5) is 0 Å². The smallest absolute Gasteiger partial charge is 0.303 e. The number of ether oxygens (including phenoxy) is 4. The molecule has 0 N–H and O–H groups in total. The maximum Gasteiger partial charge on any atom is 0.303 e. The van der Waals surface area contributed by atoms with Crippen molar-refractivity contribution < 1.29 is 33.3 Å². The fraction of sp³-hybridized carbons (Fsp3) is 0.444. The molecule has 0 aliphatic carbocycles. The van der Waals surface area contributed by atoms with Crippen molar-refractivity contribution in [3.63, 3.8) is 0 Å². The number of carbonyl (C=O) groups is 3. The Bertz CT molecular complexity index is 634. The molecule has 0 aromatic heterocycles. The molecule has 4 atom stereocenters. The van der Waals surface area contributed by atoms with E-state index in [1.807, 2.05) is 30.3 Å². The molecule has 1 radical (unpaired) electrons. The molecule has 1 aromatic carbocycles. The van der Waals surface area contributed by atoms with Crippen molar-refractivity contribution in [2.24, 2.45) is 0 Å². The minimum absolute atomic E-state index is 0.0809. The van der Waals surface area contributed by atoms with Gasteiger partial charge in [0.05, 0.1) is 0 Å². The summed E-state index contributed by atoms with van der Waals surface area (Å²) in [6.07, 6.45) is -0.628. The quantitative estimate of drug-likeness (QED) is 0.547. The Hall–Kier alpha value is -2.06. The van der Waals surface area contributed by atoms with Crippen LogP contribution in [0.3, 0.4) is 0 Å². The van der Waals surface area contributed by atoms with Crippen molar-refractivity contribution in [1.29, 1.82) is 0 Å². The van der Waals surface area contributed by atoms with E-state index in [1.165, 1.54) is 32.5 Å². The monoisotopic (exact) mass is 381 g/mol. The van der Waals surface area contributed by atoms with E-state index in [4.69, 9.17) is 18.9 Å². The van der Waals surface area contributed by atoms with E-state index >= 15 is 0 Å². The van der Waals surface area contributed by atoms with Crippen LogP contribution in [0.2, 0.25) is 0 Å². The second kappa shape index (κ2) is 9.59. The summed E-state index contributed by atoms with van der Waals surface area (Å²) >= 11 is 1.36. The summed E-state index contributed by atoms with van der Waals surface area (Å²) in [5.74, 6) is -1.46. The van der Waals surface area contributed by atoms with Gasteiger partial charge in [0.15, 0.2) is 0 Å². The van der Waals surface area contributed by atoms with Crippen LogP contribution >= 0.6 is 11.8 Å². The number of thioether (sulfide) groups is 1. The largest absolute Gasteiger partial charge is 0.463 e. The van der Waals surface area contributed by atoms with Gasteiger partial charge in [0.25, 0.3) is 0 Å². The molecule has 0 saturated carbocycles. The number of hydrogen-bond donors (Lipinski definition) is 0. The molecule has 2 rings (SSSR count). The van der Waals surface area contributed by atoms with Gasteiger partial charge in [0.1, 0.15) is 30.4 Å². The second-order valence-corrected chi connectivity index (χ2v) is 6.79. The Balaban J connectivity index is 2.17.